The summed E-state index contributed by atoms with van der Waals surface area (Å²) in [5.41, 5.74) is 0. The molecule has 15 heavy (non-hydrogen) atoms. The molecule has 2 nitrogen and oxygen atoms in total. The molecule has 3 heteroatoms. The third kappa shape index (κ3) is 5.23. The van der Waals surface area contributed by atoms with Crippen LogP contribution in [0.25, 0.3) is 0 Å². The second-order valence-corrected chi connectivity index (χ2v) is 6.77. The van der Waals surface area contributed by atoms with E-state index in [2.05, 4.69) is 49.7 Å². The summed E-state index contributed by atoms with van der Waals surface area (Å²) < 4.78 is 0. The van der Waals surface area contributed by atoms with Crippen LogP contribution in [0.2, 0.25) is 0 Å². The maximum Gasteiger partial charge on any atom is 0.0149 e. The SMILES string of the molecule is CCNCC(C)CN1CC(C)SC(C)C1. The van der Waals surface area contributed by atoms with Crippen molar-refractivity contribution in [2.75, 3.05) is 32.7 Å². The fraction of sp³-hybridized carbons (Fsp3) is 1.00. The molecular formula is C12H26N2S. The van der Waals surface area contributed by atoms with Crippen LogP contribution in [0.1, 0.15) is 27.7 Å². The number of thioether (sulfide) groups is 1. The lowest BCUT2D eigenvalue weighted by molar-refractivity contribution is 0.233. The zero-order chi connectivity index (χ0) is 11.3. The van der Waals surface area contributed by atoms with Crippen LogP contribution < -0.4 is 5.32 Å². The van der Waals surface area contributed by atoms with Gasteiger partial charge in [-0.25, -0.2) is 0 Å². The van der Waals surface area contributed by atoms with Crippen LogP contribution in [0.15, 0.2) is 0 Å². The second-order valence-electron chi connectivity index (χ2n) is 4.89. The summed E-state index contributed by atoms with van der Waals surface area (Å²) in [6.07, 6.45) is 0. The highest BCUT2D eigenvalue weighted by atomic mass is 32.2. The monoisotopic (exact) mass is 230 g/mol. The number of rotatable bonds is 5. The van der Waals surface area contributed by atoms with Crippen LogP contribution in [-0.2, 0) is 0 Å². The van der Waals surface area contributed by atoms with Crippen LogP contribution >= 0.6 is 11.8 Å². The highest BCUT2D eigenvalue weighted by molar-refractivity contribution is 8.00. The number of nitrogens with one attached hydrogen (secondary N) is 1. The minimum atomic E-state index is 0.771. The van der Waals surface area contributed by atoms with Gasteiger partial charge in [0.2, 0.25) is 0 Å². The molecule has 3 unspecified atom stereocenters. The topological polar surface area (TPSA) is 15.3 Å². The smallest absolute Gasteiger partial charge is 0.0149 e. The molecule has 0 aromatic rings. The van der Waals surface area contributed by atoms with Crippen molar-refractivity contribution in [1.29, 1.82) is 0 Å². The Morgan fingerprint density at radius 2 is 1.93 bits per heavy atom. The molecule has 1 heterocycles. The lowest BCUT2D eigenvalue weighted by atomic mass is 10.1. The zero-order valence-corrected chi connectivity index (χ0v) is 11.4. The Bertz CT molecular complexity index is 165. The highest BCUT2D eigenvalue weighted by Gasteiger charge is 2.22. The van der Waals surface area contributed by atoms with Crippen LogP contribution in [-0.4, -0.2) is 48.1 Å². The maximum atomic E-state index is 3.43. The van der Waals surface area contributed by atoms with Gasteiger partial charge in [-0.15, -0.1) is 0 Å². The number of nitrogens with zero attached hydrogens (tertiary/aromatic N) is 1. The van der Waals surface area contributed by atoms with Gasteiger partial charge in [0.05, 0.1) is 0 Å². The first-order valence-electron chi connectivity index (χ1n) is 6.20. The Kier molecular flexibility index (Phi) is 6.02. The zero-order valence-electron chi connectivity index (χ0n) is 10.6. The van der Waals surface area contributed by atoms with Crippen molar-refractivity contribution in [2.45, 2.75) is 38.2 Å². The molecule has 1 saturated heterocycles. The summed E-state index contributed by atoms with van der Waals surface area (Å²) in [6.45, 7) is 15.3. The predicted octanol–water partition coefficient (Wildman–Crippen LogP) is 2.06. The average molecular weight is 230 g/mol. The van der Waals surface area contributed by atoms with Gasteiger partial charge in [0.1, 0.15) is 0 Å². The largest absolute Gasteiger partial charge is 0.317 e. The fourth-order valence-corrected chi connectivity index (χ4v) is 3.72. The Morgan fingerprint density at radius 1 is 1.33 bits per heavy atom. The quantitative estimate of drug-likeness (QED) is 0.778. The van der Waals surface area contributed by atoms with Crippen molar-refractivity contribution in [3.05, 3.63) is 0 Å². The molecule has 1 N–H and O–H groups in total. The molecule has 0 aliphatic carbocycles. The van der Waals surface area contributed by atoms with Crippen LogP contribution in [0, 0.1) is 5.92 Å². The first kappa shape index (κ1) is 13.3. The van der Waals surface area contributed by atoms with Crippen molar-refractivity contribution in [1.82, 2.24) is 10.2 Å². The Labute approximate surface area is 99.2 Å². The molecule has 3 atom stereocenters. The predicted molar refractivity (Wildman–Crippen MR) is 70.7 cm³/mol. The number of hydrogen-bond acceptors (Lipinski definition) is 3. The van der Waals surface area contributed by atoms with E-state index in [1.165, 1.54) is 19.6 Å². The number of hydrogen-bond donors (Lipinski definition) is 1. The van der Waals surface area contributed by atoms with E-state index >= 15 is 0 Å². The van der Waals surface area contributed by atoms with E-state index in [4.69, 9.17) is 0 Å². The molecular weight excluding hydrogens is 204 g/mol. The van der Waals surface area contributed by atoms with Gasteiger partial charge in [0.25, 0.3) is 0 Å². The van der Waals surface area contributed by atoms with Crippen LogP contribution in [0.3, 0.4) is 0 Å². The average Bonchev–Trinajstić information content (AvgIpc) is 2.13. The summed E-state index contributed by atoms with van der Waals surface area (Å²) in [7, 11) is 0. The summed E-state index contributed by atoms with van der Waals surface area (Å²) in [6, 6.07) is 0. The summed E-state index contributed by atoms with van der Waals surface area (Å²) >= 11 is 2.13. The molecule has 0 spiro atoms. The lowest BCUT2D eigenvalue weighted by Crippen LogP contribution is -2.43. The van der Waals surface area contributed by atoms with E-state index < -0.39 is 0 Å². The first-order chi connectivity index (χ1) is 7.11. The van der Waals surface area contributed by atoms with Gasteiger partial charge in [-0.2, -0.15) is 11.8 Å². The van der Waals surface area contributed by atoms with Gasteiger partial charge < -0.3 is 10.2 Å². The van der Waals surface area contributed by atoms with Gasteiger partial charge in [-0.3, -0.25) is 0 Å². The van der Waals surface area contributed by atoms with E-state index in [1.807, 2.05) is 0 Å². The van der Waals surface area contributed by atoms with Gasteiger partial charge in [0, 0.05) is 30.1 Å². The van der Waals surface area contributed by atoms with Gasteiger partial charge in [0.15, 0.2) is 0 Å². The summed E-state index contributed by atoms with van der Waals surface area (Å²) in [5.74, 6) is 0.771. The third-order valence-electron chi connectivity index (χ3n) is 2.81. The van der Waals surface area contributed by atoms with Crippen molar-refractivity contribution in [3.63, 3.8) is 0 Å². The van der Waals surface area contributed by atoms with E-state index in [9.17, 15) is 0 Å². The van der Waals surface area contributed by atoms with Crippen molar-refractivity contribution in [2.24, 2.45) is 5.92 Å². The van der Waals surface area contributed by atoms with E-state index in [0.29, 0.717) is 0 Å². The van der Waals surface area contributed by atoms with E-state index in [0.717, 1.165) is 29.5 Å². The van der Waals surface area contributed by atoms with Crippen LogP contribution in [0.5, 0.6) is 0 Å². The summed E-state index contributed by atoms with van der Waals surface area (Å²) in [5, 5.41) is 5.04. The molecule has 1 fully saturated rings. The van der Waals surface area contributed by atoms with E-state index in [-0.39, 0.29) is 0 Å². The molecule has 0 aromatic heterocycles. The molecule has 0 saturated carbocycles. The van der Waals surface area contributed by atoms with Crippen molar-refractivity contribution in [3.8, 4) is 0 Å². The second kappa shape index (κ2) is 6.77. The van der Waals surface area contributed by atoms with Gasteiger partial charge in [-0.1, -0.05) is 27.7 Å². The minimum absolute atomic E-state index is 0.771. The third-order valence-corrected chi connectivity index (χ3v) is 4.04. The molecule has 1 rings (SSSR count). The highest BCUT2D eigenvalue weighted by Crippen LogP contribution is 2.24. The normalized spacial score (nSPS) is 30.4. The van der Waals surface area contributed by atoms with Crippen molar-refractivity contribution < 1.29 is 0 Å². The Hall–Kier alpha value is 0.270. The minimum Gasteiger partial charge on any atom is -0.317 e. The molecule has 1 aliphatic heterocycles. The molecule has 0 aromatic carbocycles. The van der Waals surface area contributed by atoms with Crippen molar-refractivity contribution >= 4 is 11.8 Å². The standard InChI is InChI=1S/C12H26N2S/c1-5-13-6-10(2)7-14-8-11(3)15-12(4)9-14/h10-13H,5-9H2,1-4H3. The molecule has 0 radical (unpaired) electrons. The Balaban J connectivity index is 2.24. The maximum absolute atomic E-state index is 3.43. The fourth-order valence-electron chi connectivity index (χ4n) is 2.33. The molecule has 90 valence electrons. The van der Waals surface area contributed by atoms with Gasteiger partial charge in [-0.05, 0) is 19.0 Å². The molecule has 0 bridgehead atoms. The first-order valence-corrected chi connectivity index (χ1v) is 7.14. The van der Waals surface area contributed by atoms with Gasteiger partial charge >= 0.3 is 0 Å². The molecule has 1 aliphatic rings. The van der Waals surface area contributed by atoms with Crippen LogP contribution in [0.4, 0.5) is 0 Å². The van der Waals surface area contributed by atoms with E-state index in [1.54, 1.807) is 0 Å². The Morgan fingerprint density at radius 3 is 2.47 bits per heavy atom. The lowest BCUT2D eigenvalue weighted by Gasteiger charge is -2.36. The molecule has 0 amide bonds. The summed E-state index contributed by atoms with van der Waals surface area (Å²) in [4.78, 5) is 2.63.